The SMILES string of the molecule is C#Cc1c(N)c(F)cc(C(=O)OC)c1F. The molecule has 0 aliphatic heterocycles. The van der Waals surface area contributed by atoms with Crippen molar-refractivity contribution in [3.63, 3.8) is 0 Å². The van der Waals surface area contributed by atoms with Crippen molar-refractivity contribution in [3.8, 4) is 12.3 Å². The van der Waals surface area contributed by atoms with E-state index in [4.69, 9.17) is 12.2 Å². The summed E-state index contributed by atoms with van der Waals surface area (Å²) in [7, 11) is 1.05. The fourth-order valence-electron chi connectivity index (χ4n) is 1.04. The van der Waals surface area contributed by atoms with Gasteiger partial charge in [-0.1, -0.05) is 5.92 Å². The summed E-state index contributed by atoms with van der Waals surface area (Å²) in [6, 6.07) is 0.650. The van der Waals surface area contributed by atoms with E-state index < -0.39 is 34.4 Å². The third-order valence-electron chi connectivity index (χ3n) is 1.80. The van der Waals surface area contributed by atoms with Gasteiger partial charge in [0.2, 0.25) is 0 Å². The molecule has 1 aromatic rings. The predicted octanol–water partition coefficient (Wildman–Crippen LogP) is 1.31. The number of ether oxygens (including phenoxy) is 1. The van der Waals surface area contributed by atoms with Crippen LogP contribution in [0.2, 0.25) is 0 Å². The molecular weight excluding hydrogens is 204 g/mol. The maximum Gasteiger partial charge on any atom is 0.341 e. The molecule has 2 N–H and O–H groups in total. The van der Waals surface area contributed by atoms with Crippen molar-refractivity contribution in [2.75, 3.05) is 12.8 Å². The Morgan fingerprint density at radius 2 is 2.20 bits per heavy atom. The minimum atomic E-state index is -1.05. The Kier molecular flexibility index (Phi) is 2.90. The number of carbonyl (C=O) groups excluding carboxylic acids is 1. The van der Waals surface area contributed by atoms with Crippen LogP contribution in [-0.2, 0) is 4.74 Å². The number of terminal acetylenes is 1. The van der Waals surface area contributed by atoms with Crippen LogP contribution in [-0.4, -0.2) is 13.1 Å². The lowest BCUT2D eigenvalue weighted by atomic mass is 10.1. The standard InChI is InChI=1S/C10H7F2NO2/c1-3-5-8(12)6(10(14)15-2)4-7(11)9(5)13/h1,4H,13H2,2H3. The minimum absolute atomic E-state index is 0.476. The molecule has 0 unspecified atom stereocenters. The summed E-state index contributed by atoms with van der Waals surface area (Å²) in [5.74, 6) is -1.14. The summed E-state index contributed by atoms with van der Waals surface area (Å²) >= 11 is 0. The highest BCUT2D eigenvalue weighted by Gasteiger charge is 2.20. The lowest BCUT2D eigenvalue weighted by molar-refractivity contribution is 0.0595. The number of halogens is 2. The molecule has 1 aromatic carbocycles. The molecule has 15 heavy (non-hydrogen) atoms. The lowest BCUT2D eigenvalue weighted by Crippen LogP contribution is -2.09. The van der Waals surface area contributed by atoms with E-state index in [1.807, 2.05) is 5.92 Å². The van der Waals surface area contributed by atoms with Gasteiger partial charge < -0.3 is 10.5 Å². The molecule has 0 heterocycles. The van der Waals surface area contributed by atoms with E-state index >= 15 is 0 Å². The van der Waals surface area contributed by atoms with E-state index in [0.717, 1.165) is 7.11 Å². The molecule has 0 atom stereocenters. The second kappa shape index (κ2) is 3.96. The maximum absolute atomic E-state index is 13.5. The zero-order chi connectivity index (χ0) is 11.6. The lowest BCUT2D eigenvalue weighted by Gasteiger charge is -2.06. The topological polar surface area (TPSA) is 52.3 Å². The molecule has 1 rings (SSSR count). The van der Waals surface area contributed by atoms with Crippen molar-refractivity contribution in [2.24, 2.45) is 0 Å². The van der Waals surface area contributed by atoms with Gasteiger partial charge in [0.25, 0.3) is 0 Å². The van der Waals surface area contributed by atoms with E-state index in [1.54, 1.807) is 0 Å². The van der Waals surface area contributed by atoms with Crippen molar-refractivity contribution < 1.29 is 18.3 Å². The van der Waals surface area contributed by atoms with Crippen LogP contribution in [0.15, 0.2) is 6.07 Å². The molecule has 0 saturated carbocycles. The fraction of sp³-hybridized carbons (Fsp3) is 0.100. The second-order valence-corrected chi connectivity index (χ2v) is 2.64. The number of methoxy groups -OCH3 is 1. The molecule has 0 fully saturated rings. The fourth-order valence-corrected chi connectivity index (χ4v) is 1.04. The van der Waals surface area contributed by atoms with E-state index in [-0.39, 0.29) is 0 Å². The summed E-state index contributed by atoms with van der Waals surface area (Å²) in [6.45, 7) is 0. The van der Waals surface area contributed by atoms with Crippen molar-refractivity contribution in [2.45, 2.75) is 0 Å². The smallest absolute Gasteiger partial charge is 0.341 e. The number of carbonyl (C=O) groups is 1. The minimum Gasteiger partial charge on any atom is -0.465 e. The number of rotatable bonds is 1. The van der Waals surface area contributed by atoms with Crippen molar-refractivity contribution in [3.05, 3.63) is 28.8 Å². The average Bonchev–Trinajstić information content (AvgIpc) is 2.23. The Morgan fingerprint density at radius 1 is 1.60 bits per heavy atom. The molecule has 5 heteroatoms. The molecule has 0 aromatic heterocycles. The van der Waals surface area contributed by atoms with Gasteiger partial charge in [-0.05, 0) is 6.07 Å². The molecule has 0 aliphatic rings. The van der Waals surface area contributed by atoms with Crippen LogP contribution >= 0.6 is 0 Å². The number of anilines is 1. The predicted molar refractivity (Wildman–Crippen MR) is 50.0 cm³/mol. The Morgan fingerprint density at radius 3 is 2.67 bits per heavy atom. The summed E-state index contributed by atoms with van der Waals surface area (Å²) in [4.78, 5) is 11.0. The maximum atomic E-state index is 13.5. The third-order valence-corrected chi connectivity index (χ3v) is 1.80. The monoisotopic (exact) mass is 211 g/mol. The normalized spacial score (nSPS) is 9.47. The van der Waals surface area contributed by atoms with Gasteiger partial charge in [-0.2, -0.15) is 0 Å². The van der Waals surface area contributed by atoms with Gasteiger partial charge in [0.15, 0.2) is 5.82 Å². The highest BCUT2D eigenvalue weighted by molar-refractivity contribution is 5.91. The van der Waals surface area contributed by atoms with E-state index in [1.165, 1.54) is 0 Å². The highest BCUT2D eigenvalue weighted by atomic mass is 19.1. The Bertz CT molecular complexity index is 463. The van der Waals surface area contributed by atoms with Crippen molar-refractivity contribution >= 4 is 11.7 Å². The zero-order valence-electron chi connectivity index (χ0n) is 7.80. The summed E-state index contributed by atoms with van der Waals surface area (Å²) < 4.78 is 30.8. The van der Waals surface area contributed by atoms with Crippen LogP contribution in [0, 0.1) is 24.0 Å². The van der Waals surface area contributed by atoms with Crippen LogP contribution < -0.4 is 5.73 Å². The first-order valence-electron chi connectivity index (χ1n) is 3.85. The van der Waals surface area contributed by atoms with Gasteiger partial charge in [-0.25, -0.2) is 13.6 Å². The van der Waals surface area contributed by atoms with Crippen LogP contribution in [0.4, 0.5) is 14.5 Å². The van der Waals surface area contributed by atoms with E-state index in [2.05, 4.69) is 4.74 Å². The number of hydrogen-bond acceptors (Lipinski definition) is 3. The van der Waals surface area contributed by atoms with Crippen molar-refractivity contribution in [1.82, 2.24) is 0 Å². The Labute approximate surface area is 84.8 Å². The number of benzene rings is 1. The summed E-state index contributed by atoms with van der Waals surface area (Å²) in [5.41, 5.74) is 3.65. The van der Waals surface area contributed by atoms with Crippen LogP contribution in [0.1, 0.15) is 15.9 Å². The number of nitrogen functional groups attached to an aromatic ring is 1. The van der Waals surface area contributed by atoms with Gasteiger partial charge in [-0.15, -0.1) is 6.42 Å². The van der Waals surface area contributed by atoms with Crippen LogP contribution in [0.3, 0.4) is 0 Å². The molecule has 0 amide bonds. The van der Waals surface area contributed by atoms with Gasteiger partial charge >= 0.3 is 5.97 Å². The Hall–Kier alpha value is -2.09. The van der Waals surface area contributed by atoms with E-state index in [0.29, 0.717) is 6.07 Å². The van der Waals surface area contributed by atoms with Gasteiger partial charge in [-0.3, -0.25) is 0 Å². The quantitative estimate of drug-likeness (QED) is 0.433. The number of esters is 1. The van der Waals surface area contributed by atoms with Gasteiger partial charge in [0.1, 0.15) is 5.82 Å². The molecule has 0 aliphatic carbocycles. The molecule has 0 bridgehead atoms. The molecule has 78 valence electrons. The largest absolute Gasteiger partial charge is 0.465 e. The Balaban J connectivity index is 3.52. The van der Waals surface area contributed by atoms with Crippen LogP contribution in [0.5, 0.6) is 0 Å². The molecule has 0 radical (unpaired) electrons. The molecule has 0 saturated heterocycles. The summed E-state index contributed by atoms with van der Waals surface area (Å²) in [5, 5.41) is 0. The van der Waals surface area contributed by atoms with Crippen LogP contribution in [0.25, 0.3) is 0 Å². The van der Waals surface area contributed by atoms with Gasteiger partial charge in [0, 0.05) is 0 Å². The molecule has 3 nitrogen and oxygen atoms in total. The number of hydrogen-bond donors (Lipinski definition) is 1. The zero-order valence-corrected chi connectivity index (χ0v) is 7.80. The first kappa shape index (κ1) is 11.0. The third kappa shape index (κ3) is 1.74. The average molecular weight is 211 g/mol. The van der Waals surface area contributed by atoms with Crippen molar-refractivity contribution in [1.29, 1.82) is 0 Å². The van der Waals surface area contributed by atoms with E-state index in [9.17, 15) is 13.6 Å². The molecule has 0 spiro atoms. The summed E-state index contributed by atoms with van der Waals surface area (Å²) in [6.07, 6.45) is 4.94. The first-order valence-corrected chi connectivity index (χ1v) is 3.85. The van der Waals surface area contributed by atoms with Gasteiger partial charge in [0.05, 0.1) is 23.9 Å². The molecular formula is C10H7F2NO2. The number of nitrogens with two attached hydrogens (primary N) is 1. The first-order chi connectivity index (χ1) is 7.02. The highest BCUT2D eigenvalue weighted by Crippen LogP contribution is 2.23. The second-order valence-electron chi connectivity index (χ2n) is 2.64.